The van der Waals surface area contributed by atoms with Gasteiger partial charge in [-0.15, -0.1) is 0 Å². The van der Waals surface area contributed by atoms with Crippen molar-refractivity contribution in [2.24, 2.45) is 0 Å². The van der Waals surface area contributed by atoms with Crippen LogP contribution in [0, 0.1) is 0 Å². The summed E-state index contributed by atoms with van der Waals surface area (Å²) < 4.78 is 11.0. The van der Waals surface area contributed by atoms with Crippen LogP contribution in [-0.2, 0) is 5.41 Å². The molecular formula is C16H25NO2. The molecule has 0 radical (unpaired) electrons. The van der Waals surface area contributed by atoms with E-state index in [-0.39, 0.29) is 5.41 Å². The van der Waals surface area contributed by atoms with Crippen LogP contribution in [0.25, 0.3) is 0 Å². The van der Waals surface area contributed by atoms with E-state index in [2.05, 4.69) is 19.2 Å². The Morgan fingerprint density at radius 1 is 1.16 bits per heavy atom. The maximum Gasteiger partial charge on any atom is 0.126 e. The van der Waals surface area contributed by atoms with Crippen LogP contribution in [0.2, 0.25) is 0 Å². The summed E-state index contributed by atoms with van der Waals surface area (Å²) in [5.74, 6) is 1.83. The average molecular weight is 263 g/mol. The van der Waals surface area contributed by atoms with Gasteiger partial charge in [-0.2, -0.15) is 0 Å². The van der Waals surface area contributed by atoms with Crippen molar-refractivity contribution in [3.05, 3.63) is 23.8 Å². The molecule has 3 heteroatoms. The molecule has 2 rings (SSSR count). The van der Waals surface area contributed by atoms with Crippen molar-refractivity contribution in [3.63, 3.8) is 0 Å². The Balaban J connectivity index is 2.15. The fourth-order valence-electron chi connectivity index (χ4n) is 2.52. The minimum Gasteiger partial charge on any atom is -0.496 e. The third-order valence-corrected chi connectivity index (χ3v) is 3.86. The van der Waals surface area contributed by atoms with Gasteiger partial charge in [0.2, 0.25) is 0 Å². The maximum atomic E-state index is 5.51. The molecule has 0 saturated heterocycles. The van der Waals surface area contributed by atoms with Crippen LogP contribution in [0.3, 0.4) is 0 Å². The van der Waals surface area contributed by atoms with Gasteiger partial charge in [0.25, 0.3) is 0 Å². The number of hydrogen-bond acceptors (Lipinski definition) is 3. The predicted molar refractivity (Wildman–Crippen MR) is 78.2 cm³/mol. The van der Waals surface area contributed by atoms with E-state index < -0.39 is 0 Å². The van der Waals surface area contributed by atoms with E-state index in [0.717, 1.165) is 36.1 Å². The van der Waals surface area contributed by atoms with Gasteiger partial charge in [0.15, 0.2) is 0 Å². The maximum absolute atomic E-state index is 5.51. The van der Waals surface area contributed by atoms with E-state index in [1.54, 1.807) is 14.2 Å². The fraction of sp³-hybridized carbons (Fsp3) is 0.625. The Hall–Kier alpha value is -1.22. The van der Waals surface area contributed by atoms with Crippen LogP contribution < -0.4 is 14.8 Å². The molecule has 19 heavy (non-hydrogen) atoms. The second kappa shape index (κ2) is 5.83. The Bertz CT molecular complexity index is 403. The van der Waals surface area contributed by atoms with Crippen LogP contribution in [0.4, 0.5) is 0 Å². The molecule has 1 saturated carbocycles. The summed E-state index contributed by atoms with van der Waals surface area (Å²) in [6.45, 7) is 5.54. The zero-order valence-electron chi connectivity index (χ0n) is 12.5. The minimum absolute atomic E-state index is 0.0276. The lowest BCUT2D eigenvalue weighted by molar-refractivity contribution is 0.352. The van der Waals surface area contributed by atoms with Gasteiger partial charge in [-0.05, 0) is 43.4 Å². The lowest BCUT2D eigenvalue weighted by Gasteiger charge is -2.29. The molecule has 0 spiro atoms. The van der Waals surface area contributed by atoms with Crippen molar-refractivity contribution < 1.29 is 9.47 Å². The lowest BCUT2D eigenvalue weighted by atomic mass is 9.80. The standard InChI is InChI=1S/C16H25NO2/c1-16(2,10-11-17-12-8-9-12)15-13(18-3)6-5-7-14(15)19-4/h5-7,12,17H,8-11H2,1-4H3. The van der Waals surface area contributed by atoms with E-state index in [1.165, 1.54) is 12.8 Å². The molecule has 0 amide bonds. The molecule has 1 fully saturated rings. The molecule has 0 aromatic heterocycles. The Morgan fingerprint density at radius 3 is 2.21 bits per heavy atom. The van der Waals surface area contributed by atoms with Crippen LogP contribution in [0.15, 0.2) is 18.2 Å². The van der Waals surface area contributed by atoms with Crippen molar-refractivity contribution in [2.75, 3.05) is 20.8 Å². The van der Waals surface area contributed by atoms with Crippen molar-refractivity contribution in [1.29, 1.82) is 0 Å². The Kier molecular flexibility index (Phi) is 4.35. The van der Waals surface area contributed by atoms with Gasteiger partial charge in [-0.3, -0.25) is 0 Å². The van der Waals surface area contributed by atoms with E-state index in [4.69, 9.17) is 9.47 Å². The summed E-state index contributed by atoms with van der Waals surface area (Å²) in [6, 6.07) is 6.75. The number of rotatable bonds is 7. The molecule has 0 aliphatic heterocycles. The smallest absolute Gasteiger partial charge is 0.126 e. The normalized spacial score (nSPS) is 15.4. The van der Waals surface area contributed by atoms with E-state index in [0.29, 0.717) is 0 Å². The molecule has 0 unspecified atom stereocenters. The highest BCUT2D eigenvalue weighted by molar-refractivity contribution is 5.49. The third kappa shape index (κ3) is 3.41. The molecule has 0 heterocycles. The summed E-state index contributed by atoms with van der Waals surface area (Å²) in [5.41, 5.74) is 1.19. The number of hydrogen-bond donors (Lipinski definition) is 1. The summed E-state index contributed by atoms with van der Waals surface area (Å²) >= 11 is 0. The summed E-state index contributed by atoms with van der Waals surface area (Å²) in [7, 11) is 3.44. The SMILES string of the molecule is COc1cccc(OC)c1C(C)(C)CCNC1CC1. The molecule has 1 aromatic carbocycles. The molecule has 0 atom stereocenters. The highest BCUT2D eigenvalue weighted by Crippen LogP contribution is 2.40. The minimum atomic E-state index is 0.0276. The van der Waals surface area contributed by atoms with Crippen molar-refractivity contribution in [2.45, 2.75) is 44.6 Å². The molecule has 1 aliphatic carbocycles. The highest BCUT2D eigenvalue weighted by atomic mass is 16.5. The van der Waals surface area contributed by atoms with Gasteiger partial charge in [0.1, 0.15) is 11.5 Å². The molecule has 0 bridgehead atoms. The molecule has 1 aromatic rings. The second-order valence-electron chi connectivity index (χ2n) is 5.90. The van der Waals surface area contributed by atoms with Gasteiger partial charge in [-0.25, -0.2) is 0 Å². The molecule has 1 aliphatic rings. The quantitative estimate of drug-likeness (QED) is 0.820. The molecule has 3 nitrogen and oxygen atoms in total. The van der Waals surface area contributed by atoms with Crippen LogP contribution in [-0.4, -0.2) is 26.8 Å². The summed E-state index contributed by atoms with van der Waals surface area (Å²) in [6.07, 6.45) is 3.73. The molecular weight excluding hydrogens is 238 g/mol. The first-order chi connectivity index (χ1) is 9.08. The van der Waals surface area contributed by atoms with Gasteiger partial charge < -0.3 is 14.8 Å². The van der Waals surface area contributed by atoms with Crippen molar-refractivity contribution in [1.82, 2.24) is 5.32 Å². The van der Waals surface area contributed by atoms with E-state index >= 15 is 0 Å². The lowest BCUT2D eigenvalue weighted by Crippen LogP contribution is -2.27. The van der Waals surface area contributed by atoms with Gasteiger partial charge in [-0.1, -0.05) is 19.9 Å². The van der Waals surface area contributed by atoms with Crippen molar-refractivity contribution in [3.8, 4) is 11.5 Å². The predicted octanol–water partition coefficient (Wildman–Crippen LogP) is 3.12. The summed E-state index contributed by atoms with van der Waals surface area (Å²) in [4.78, 5) is 0. The highest BCUT2D eigenvalue weighted by Gasteiger charge is 2.29. The number of benzene rings is 1. The monoisotopic (exact) mass is 263 g/mol. The van der Waals surface area contributed by atoms with Crippen LogP contribution in [0.1, 0.15) is 38.7 Å². The third-order valence-electron chi connectivity index (χ3n) is 3.86. The average Bonchev–Trinajstić information content (AvgIpc) is 3.21. The first-order valence-corrected chi connectivity index (χ1v) is 7.03. The zero-order valence-corrected chi connectivity index (χ0v) is 12.5. The summed E-state index contributed by atoms with van der Waals surface area (Å²) in [5, 5.41) is 3.58. The first-order valence-electron chi connectivity index (χ1n) is 7.03. The topological polar surface area (TPSA) is 30.5 Å². The molecule has 106 valence electrons. The van der Waals surface area contributed by atoms with E-state index in [9.17, 15) is 0 Å². The van der Waals surface area contributed by atoms with Crippen molar-refractivity contribution >= 4 is 0 Å². The van der Waals surface area contributed by atoms with Gasteiger partial charge >= 0.3 is 0 Å². The molecule has 1 N–H and O–H groups in total. The van der Waals surface area contributed by atoms with Crippen LogP contribution >= 0.6 is 0 Å². The zero-order chi connectivity index (χ0) is 13.9. The Labute approximate surface area is 116 Å². The number of ether oxygens (including phenoxy) is 2. The fourth-order valence-corrected chi connectivity index (χ4v) is 2.52. The number of methoxy groups -OCH3 is 2. The first kappa shape index (κ1) is 14.2. The number of nitrogens with one attached hydrogen (secondary N) is 1. The second-order valence-corrected chi connectivity index (χ2v) is 5.90. The van der Waals surface area contributed by atoms with Gasteiger partial charge in [0, 0.05) is 11.6 Å². The Morgan fingerprint density at radius 2 is 1.74 bits per heavy atom. The van der Waals surface area contributed by atoms with Gasteiger partial charge in [0.05, 0.1) is 14.2 Å². The largest absolute Gasteiger partial charge is 0.496 e. The van der Waals surface area contributed by atoms with Crippen LogP contribution in [0.5, 0.6) is 11.5 Å². The van der Waals surface area contributed by atoms with E-state index in [1.807, 2.05) is 18.2 Å².